The zero-order valence-corrected chi connectivity index (χ0v) is 14.2. The maximum absolute atomic E-state index is 12.8. The smallest absolute Gasteiger partial charge is 0.259 e. The zero-order valence-electron chi connectivity index (χ0n) is 14.2. The Bertz CT molecular complexity index is 769. The monoisotopic (exact) mass is 337 g/mol. The highest BCUT2D eigenvalue weighted by Crippen LogP contribution is 2.48. The van der Waals surface area contributed by atoms with Crippen molar-refractivity contribution in [2.24, 2.45) is 5.41 Å². The van der Waals surface area contributed by atoms with Crippen molar-refractivity contribution in [2.75, 3.05) is 29.9 Å². The Kier molecular flexibility index (Phi) is 4.17. The van der Waals surface area contributed by atoms with Gasteiger partial charge in [0, 0.05) is 31.6 Å². The summed E-state index contributed by atoms with van der Waals surface area (Å²) in [7, 11) is 0. The third kappa shape index (κ3) is 3.24. The second-order valence-electron chi connectivity index (χ2n) is 7.09. The van der Waals surface area contributed by atoms with Crippen LogP contribution in [0, 0.1) is 5.41 Å². The van der Waals surface area contributed by atoms with Crippen LogP contribution < -0.4 is 10.2 Å². The van der Waals surface area contributed by atoms with Crippen molar-refractivity contribution in [2.45, 2.75) is 25.7 Å². The molecule has 4 rings (SSSR count). The molecule has 0 atom stereocenters. The van der Waals surface area contributed by atoms with Crippen molar-refractivity contribution in [3.05, 3.63) is 53.7 Å². The maximum Gasteiger partial charge on any atom is 0.259 e. The van der Waals surface area contributed by atoms with E-state index in [-0.39, 0.29) is 17.9 Å². The normalized spacial score (nSPS) is 17.2. The van der Waals surface area contributed by atoms with Crippen molar-refractivity contribution < 1.29 is 9.90 Å². The molecule has 0 unspecified atom stereocenters. The van der Waals surface area contributed by atoms with Crippen LogP contribution in [0.25, 0.3) is 0 Å². The van der Waals surface area contributed by atoms with Crippen molar-refractivity contribution in [3.63, 3.8) is 0 Å². The SMILES string of the molecule is O=C(c1ccc(NCC2(CCO)CC2)nc1)N1CCc2ccccc21. The van der Waals surface area contributed by atoms with E-state index in [1.807, 2.05) is 35.2 Å². The number of hydrogen-bond donors (Lipinski definition) is 2. The second kappa shape index (κ2) is 6.48. The van der Waals surface area contributed by atoms with Gasteiger partial charge in [-0.25, -0.2) is 4.98 Å². The summed E-state index contributed by atoms with van der Waals surface area (Å²) in [5.74, 6) is 0.783. The van der Waals surface area contributed by atoms with Gasteiger partial charge in [0.05, 0.1) is 5.56 Å². The van der Waals surface area contributed by atoms with Gasteiger partial charge in [-0.05, 0) is 54.9 Å². The largest absolute Gasteiger partial charge is 0.396 e. The van der Waals surface area contributed by atoms with Crippen LogP contribution >= 0.6 is 0 Å². The van der Waals surface area contributed by atoms with Crippen molar-refractivity contribution in [3.8, 4) is 0 Å². The predicted octanol–water partition coefficient (Wildman–Crippen LogP) is 2.86. The van der Waals surface area contributed by atoms with Crippen LogP contribution in [0.3, 0.4) is 0 Å². The molecule has 1 fully saturated rings. The fourth-order valence-corrected chi connectivity index (χ4v) is 3.54. The van der Waals surface area contributed by atoms with E-state index in [0.717, 1.165) is 50.3 Å². The summed E-state index contributed by atoms with van der Waals surface area (Å²) in [5.41, 5.74) is 3.08. The first-order valence-corrected chi connectivity index (χ1v) is 8.91. The van der Waals surface area contributed by atoms with Gasteiger partial charge in [-0.15, -0.1) is 0 Å². The number of aromatic nitrogens is 1. The molecule has 130 valence electrons. The molecule has 25 heavy (non-hydrogen) atoms. The number of anilines is 2. The molecule has 2 heterocycles. The summed E-state index contributed by atoms with van der Waals surface area (Å²) in [6.45, 7) is 1.79. The average molecular weight is 337 g/mol. The summed E-state index contributed by atoms with van der Waals surface area (Å²) in [4.78, 5) is 19.0. The minimum Gasteiger partial charge on any atom is -0.396 e. The number of nitrogens with one attached hydrogen (secondary N) is 1. The third-order valence-electron chi connectivity index (χ3n) is 5.39. The number of benzene rings is 1. The summed E-state index contributed by atoms with van der Waals surface area (Å²) in [6.07, 6.45) is 5.71. The van der Waals surface area contributed by atoms with E-state index in [2.05, 4.69) is 16.4 Å². The lowest BCUT2D eigenvalue weighted by Gasteiger charge is -2.18. The summed E-state index contributed by atoms with van der Waals surface area (Å²) in [5, 5.41) is 12.5. The number of carbonyl (C=O) groups is 1. The number of nitrogens with zero attached hydrogens (tertiary/aromatic N) is 2. The molecule has 0 radical (unpaired) electrons. The van der Waals surface area contributed by atoms with E-state index < -0.39 is 0 Å². The zero-order chi connectivity index (χ0) is 17.3. The Morgan fingerprint density at radius 1 is 1.24 bits per heavy atom. The highest BCUT2D eigenvalue weighted by Gasteiger charge is 2.41. The summed E-state index contributed by atoms with van der Waals surface area (Å²) < 4.78 is 0. The summed E-state index contributed by atoms with van der Waals surface area (Å²) >= 11 is 0. The number of rotatable bonds is 6. The molecule has 1 aromatic heterocycles. The van der Waals surface area contributed by atoms with E-state index in [1.54, 1.807) is 6.20 Å². The van der Waals surface area contributed by atoms with Gasteiger partial charge >= 0.3 is 0 Å². The van der Waals surface area contributed by atoms with Gasteiger partial charge in [-0.2, -0.15) is 0 Å². The Morgan fingerprint density at radius 2 is 2.08 bits per heavy atom. The standard InChI is InChI=1S/C20H23N3O2/c24-12-10-20(8-9-20)14-22-18-6-5-16(13-21-18)19(25)23-11-7-15-3-1-2-4-17(15)23/h1-6,13,24H,7-12,14H2,(H,21,22). The van der Waals surface area contributed by atoms with Gasteiger partial charge in [-0.3, -0.25) is 4.79 Å². The molecule has 2 aliphatic rings. The van der Waals surface area contributed by atoms with Gasteiger partial charge in [0.1, 0.15) is 5.82 Å². The van der Waals surface area contributed by atoms with Crippen LogP contribution in [0.15, 0.2) is 42.6 Å². The predicted molar refractivity (Wildman–Crippen MR) is 97.9 cm³/mol. The number of aliphatic hydroxyl groups excluding tert-OH is 1. The van der Waals surface area contributed by atoms with Crippen LogP contribution in [0.5, 0.6) is 0 Å². The maximum atomic E-state index is 12.8. The number of para-hydroxylation sites is 1. The van der Waals surface area contributed by atoms with Crippen LogP contribution in [-0.4, -0.2) is 35.7 Å². The van der Waals surface area contributed by atoms with Crippen LogP contribution in [-0.2, 0) is 6.42 Å². The molecular formula is C20H23N3O2. The Morgan fingerprint density at radius 3 is 2.80 bits per heavy atom. The first-order chi connectivity index (χ1) is 12.2. The highest BCUT2D eigenvalue weighted by molar-refractivity contribution is 6.07. The third-order valence-corrected chi connectivity index (χ3v) is 5.39. The average Bonchev–Trinajstić information content (AvgIpc) is 3.28. The number of pyridine rings is 1. The second-order valence-corrected chi connectivity index (χ2v) is 7.09. The topological polar surface area (TPSA) is 65.5 Å². The molecule has 1 aliphatic heterocycles. The lowest BCUT2D eigenvalue weighted by Crippen LogP contribution is -2.29. The molecule has 5 heteroatoms. The number of fused-ring (bicyclic) bond motifs is 1. The molecular weight excluding hydrogens is 314 g/mol. The van der Waals surface area contributed by atoms with Gasteiger partial charge < -0.3 is 15.3 Å². The van der Waals surface area contributed by atoms with E-state index in [9.17, 15) is 4.79 Å². The van der Waals surface area contributed by atoms with Crippen LogP contribution in [0.1, 0.15) is 35.2 Å². The van der Waals surface area contributed by atoms with Crippen molar-refractivity contribution in [1.29, 1.82) is 0 Å². The van der Waals surface area contributed by atoms with E-state index in [4.69, 9.17) is 5.11 Å². The minimum absolute atomic E-state index is 0.00273. The Labute approximate surface area is 147 Å². The Balaban J connectivity index is 1.41. The molecule has 2 aromatic rings. The lowest BCUT2D eigenvalue weighted by molar-refractivity contribution is 0.0989. The fourth-order valence-electron chi connectivity index (χ4n) is 3.54. The number of aliphatic hydroxyl groups is 1. The number of amides is 1. The molecule has 5 nitrogen and oxygen atoms in total. The van der Waals surface area contributed by atoms with Gasteiger partial charge in [-0.1, -0.05) is 18.2 Å². The molecule has 1 saturated carbocycles. The minimum atomic E-state index is 0.00273. The molecule has 2 N–H and O–H groups in total. The van der Waals surface area contributed by atoms with E-state index in [1.165, 1.54) is 5.56 Å². The molecule has 1 aliphatic carbocycles. The van der Waals surface area contributed by atoms with Crippen molar-refractivity contribution >= 4 is 17.4 Å². The van der Waals surface area contributed by atoms with Crippen LogP contribution in [0.4, 0.5) is 11.5 Å². The first kappa shape index (κ1) is 16.1. The number of hydrogen-bond acceptors (Lipinski definition) is 4. The highest BCUT2D eigenvalue weighted by atomic mass is 16.3. The van der Waals surface area contributed by atoms with E-state index in [0.29, 0.717) is 5.56 Å². The van der Waals surface area contributed by atoms with Crippen molar-refractivity contribution in [1.82, 2.24) is 4.98 Å². The fraction of sp³-hybridized carbons (Fsp3) is 0.400. The molecule has 0 spiro atoms. The number of carbonyl (C=O) groups excluding carboxylic acids is 1. The molecule has 0 saturated heterocycles. The molecule has 1 amide bonds. The Hall–Kier alpha value is -2.40. The van der Waals surface area contributed by atoms with Gasteiger partial charge in [0.25, 0.3) is 5.91 Å². The van der Waals surface area contributed by atoms with Gasteiger partial charge in [0.15, 0.2) is 0 Å². The van der Waals surface area contributed by atoms with Crippen LogP contribution in [0.2, 0.25) is 0 Å². The first-order valence-electron chi connectivity index (χ1n) is 8.91. The van der Waals surface area contributed by atoms with E-state index >= 15 is 0 Å². The van der Waals surface area contributed by atoms with Gasteiger partial charge in [0.2, 0.25) is 0 Å². The molecule has 0 bridgehead atoms. The molecule has 1 aromatic carbocycles. The lowest BCUT2D eigenvalue weighted by atomic mass is 10.0. The quantitative estimate of drug-likeness (QED) is 0.851. The summed E-state index contributed by atoms with van der Waals surface area (Å²) in [6, 6.07) is 11.8.